The number of hydrogen-bond donors (Lipinski definition) is 1. The summed E-state index contributed by atoms with van der Waals surface area (Å²) in [6.07, 6.45) is 1.07. The zero-order valence-electron chi connectivity index (χ0n) is 8.02. The third-order valence-corrected chi connectivity index (χ3v) is 3.56. The average Bonchev–Trinajstić information content (AvgIpc) is 2.03. The van der Waals surface area contributed by atoms with Crippen LogP contribution in [0.15, 0.2) is 11.1 Å². The van der Waals surface area contributed by atoms with E-state index in [2.05, 4.69) is 13.8 Å². The highest BCUT2D eigenvalue weighted by molar-refractivity contribution is 6.18. The van der Waals surface area contributed by atoms with E-state index in [1.807, 2.05) is 6.92 Å². The van der Waals surface area contributed by atoms with Gasteiger partial charge < -0.3 is 5.11 Å². The molecule has 0 aromatic carbocycles. The summed E-state index contributed by atoms with van der Waals surface area (Å²) < 4.78 is 0. The lowest BCUT2D eigenvalue weighted by Crippen LogP contribution is -2.39. The minimum absolute atomic E-state index is 0.188. The first-order valence-corrected chi connectivity index (χ1v) is 4.93. The molecule has 70 valence electrons. The second-order valence-corrected chi connectivity index (χ2v) is 4.50. The second-order valence-electron chi connectivity index (χ2n) is 4.19. The van der Waals surface area contributed by atoms with Crippen LogP contribution in [0.3, 0.4) is 0 Å². The van der Waals surface area contributed by atoms with Gasteiger partial charge in [-0.05, 0) is 30.3 Å². The van der Waals surface area contributed by atoms with Crippen LogP contribution in [-0.2, 0) is 0 Å². The van der Waals surface area contributed by atoms with E-state index in [0.29, 0.717) is 5.92 Å². The molecule has 0 aromatic rings. The average molecular weight is 189 g/mol. The fourth-order valence-electron chi connectivity index (χ4n) is 1.95. The van der Waals surface area contributed by atoms with E-state index in [1.54, 1.807) is 0 Å². The predicted molar refractivity (Wildman–Crippen MR) is 52.4 cm³/mol. The maximum Gasteiger partial charge on any atom is 0.0641 e. The van der Waals surface area contributed by atoms with E-state index in [4.69, 9.17) is 16.7 Å². The van der Waals surface area contributed by atoms with Gasteiger partial charge in [0.1, 0.15) is 0 Å². The lowest BCUT2D eigenvalue weighted by molar-refractivity contribution is 0.182. The number of hydrogen-bond acceptors (Lipinski definition) is 1. The van der Waals surface area contributed by atoms with Crippen molar-refractivity contribution in [2.45, 2.75) is 27.2 Å². The van der Waals surface area contributed by atoms with Crippen molar-refractivity contribution >= 4 is 11.6 Å². The fourth-order valence-corrected chi connectivity index (χ4v) is 2.44. The summed E-state index contributed by atoms with van der Waals surface area (Å²) in [7, 11) is 0. The summed E-state index contributed by atoms with van der Waals surface area (Å²) in [6, 6.07) is 0. The van der Waals surface area contributed by atoms with Crippen LogP contribution in [-0.4, -0.2) is 17.6 Å². The standard InChI is InChI=1S/C10H17ClO/c1-7(6-12)9-4-8(5-11)10(9,2)3/h8,12H,4-6H2,1-3H3/b9-7+. The Morgan fingerprint density at radius 3 is 2.58 bits per heavy atom. The quantitative estimate of drug-likeness (QED) is 0.522. The van der Waals surface area contributed by atoms with E-state index in [-0.39, 0.29) is 12.0 Å². The Balaban J connectivity index is 2.77. The molecule has 1 unspecified atom stereocenters. The smallest absolute Gasteiger partial charge is 0.0641 e. The molecular weight excluding hydrogens is 172 g/mol. The molecule has 1 fully saturated rings. The molecule has 1 aliphatic rings. The van der Waals surface area contributed by atoms with Gasteiger partial charge in [0.05, 0.1) is 6.61 Å². The minimum atomic E-state index is 0.188. The Labute approximate surface area is 79.4 Å². The molecule has 0 heterocycles. The van der Waals surface area contributed by atoms with Gasteiger partial charge in [-0.1, -0.05) is 19.4 Å². The van der Waals surface area contributed by atoms with E-state index < -0.39 is 0 Å². The Morgan fingerprint density at radius 1 is 1.67 bits per heavy atom. The third-order valence-electron chi connectivity index (χ3n) is 3.19. The molecule has 0 aliphatic heterocycles. The molecule has 1 atom stereocenters. The summed E-state index contributed by atoms with van der Waals surface area (Å²) >= 11 is 5.82. The van der Waals surface area contributed by atoms with Gasteiger partial charge in [0.15, 0.2) is 0 Å². The molecule has 1 N–H and O–H groups in total. The lowest BCUT2D eigenvalue weighted by Gasteiger charge is -2.48. The summed E-state index contributed by atoms with van der Waals surface area (Å²) in [5.74, 6) is 1.32. The van der Waals surface area contributed by atoms with Gasteiger partial charge >= 0.3 is 0 Å². The zero-order chi connectivity index (χ0) is 9.35. The van der Waals surface area contributed by atoms with Gasteiger partial charge in [0, 0.05) is 5.88 Å². The number of rotatable bonds is 2. The minimum Gasteiger partial charge on any atom is -0.392 e. The van der Waals surface area contributed by atoms with Crippen LogP contribution in [0.1, 0.15) is 27.2 Å². The van der Waals surface area contributed by atoms with E-state index in [0.717, 1.165) is 17.9 Å². The van der Waals surface area contributed by atoms with E-state index >= 15 is 0 Å². The maximum absolute atomic E-state index is 8.97. The van der Waals surface area contributed by atoms with E-state index in [9.17, 15) is 0 Å². The Hall–Kier alpha value is -0.0100. The predicted octanol–water partition coefficient (Wildman–Crippen LogP) is 2.58. The van der Waals surface area contributed by atoms with Crippen LogP contribution in [0.4, 0.5) is 0 Å². The van der Waals surface area contributed by atoms with Crippen molar-refractivity contribution in [1.82, 2.24) is 0 Å². The fraction of sp³-hybridized carbons (Fsp3) is 0.800. The van der Waals surface area contributed by atoms with Gasteiger partial charge in [-0.3, -0.25) is 0 Å². The normalized spacial score (nSPS) is 31.2. The molecule has 0 bridgehead atoms. The number of aliphatic hydroxyl groups is 1. The summed E-state index contributed by atoms with van der Waals surface area (Å²) in [6.45, 7) is 6.60. The molecule has 2 heteroatoms. The van der Waals surface area contributed by atoms with Crippen LogP contribution in [0.5, 0.6) is 0 Å². The van der Waals surface area contributed by atoms with Crippen molar-refractivity contribution in [3.05, 3.63) is 11.1 Å². The van der Waals surface area contributed by atoms with Crippen LogP contribution < -0.4 is 0 Å². The number of allylic oxidation sites excluding steroid dienone is 1. The first kappa shape index (κ1) is 10.1. The Morgan fingerprint density at radius 2 is 2.25 bits per heavy atom. The SMILES string of the molecule is C/C(CO)=C1/CC(CCl)C1(C)C. The highest BCUT2D eigenvalue weighted by Gasteiger charge is 2.43. The van der Waals surface area contributed by atoms with Crippen LogP contribution in [0.25, 0.3) is 0 Å². The van der Waals surface area contributed by atoms with Gasteiger partial charge in [0.2, 0.25) is 0 Å². The Bertz CT molecular complexity index is 206. The first-order valence-electron chi connectivity index (χ1n) is 4.40. The monoisotopic (exact) mass is 188 g/mol. The molecule has 0 aromatic heterocycles. The molecule has 1 aliphatic carbocycles. The van der Waals surface area contributed by atoms with Crippen molar-refractivity contribution in [2.75, 3.05) is 12.5 Å². The summed E-state index contributed by atoms with van der Waals surface area (Å²) in [5, 5.41) is 8.97. The largest absolute Gasteiger partial charge is 0.392 e. The molecule has 1 saturated carbocycles. The van der Waals surface area contributed by atoms with Crippen LogP contribution in [0.2, 0.25) is 0 Å². The number of aliphatic hydroxyl groups excluding tert-OH is 1. The third kappa shape index (κ3) is 1.40. The molecular formula is C10H17ClO. The molecule has 1 nitrogen and oxygen atoms in total. The lowest BCUT2D eigenvalue weighted by atomic mass is 9.58. The number of halogens is 1. The van der Waals surface area contributed by atoms with Crippen molar-refractivity contribution in [2.24, 2.45) is 11.3 Å². The molecule has 0 radical (unpaired) electrons. The topological polar surface area (TPSA) is 20.2 Å². The molecule has 0 amide bonds. The van der Waals surface area contributed by atoms with Crippen molar-refractivity contribution in [1.29, 1.82) is 0 Å². The molecule has 0 saturated heterocycles. The van der Waals surface area contributed by atoms with Crippen LogP contribution >= 0.6 is 11.6 Å². The number of alkyl halides is 1. The zero-order valence-corrected chi connectivity index (χ0v) is 8.78. The van der Waals surface area contributed by atoms with Gasteiger partial charge in [0.25, 0.3) is 0 Å². The van der Waals surface area contributed by atoms with Gasteiger partial charge in [-0.15, -0.1) is 11.6 Å². The van der Waals surface area contributed by atoms with E-state index in [1.165, 1.54) is 5.57 Å². The maximum atomic E-state index is 8.97. The molecule has 0 spiro atoms. The van der Waals surface area contributed by atoms with Gasteiger partial charge in [-0.25, -0.2) is 0 Å². The van der Waals surface area contributed by atoms with Crippen molar-refractivity contribution < 1.29 is 5.11 Å². The Kier molecular flexibility index (Phi) is 2.84. The highest BCUT2D eigenvalue weighted by Crippen LogP contribution is 2.52. The van der Waals surface area contributed by atoms with Crippen LogP contribution in [0, 0.1) is 11.3 Å². The highest BCUT2D eigenvalue weighted by atomic mass is 35.5. The summed E-state index contributed by atoms with van der Waals surface area (Å²) in [4.78, 5) is 0. The van der Waals surface area contributed by atoms with Gasteiger partial charge in [-0.2, -0.15) is 0 Å². The van der Waals surface area contributed by atoms with Crippen molar-refractivity contribution in [3.63, 3.8) is 0 Å². The molecule has 12 heavy (non-hydrogen) atoms. The first-order chi connectivity index (χ1) is 5.54. The van der Waals surface area contributed by atoms with Crippen molar-refractivity contribution in [3.8, 4) is 0 Å². The summed E-state index contributed by atoms with van der Waals surface area (Å²) in [5.41, 5.74) is 2.74. The second kappa shape index (κ2) is 3.39. The molecule has 1 rings (SSSR count).